The zero-order chi connectivity index (χ0) is 22.4. The molecule has 0 saturated carbocycles. The largest absolute Gasteiger partial charge is 0.450 e. The molecule has 3 amide bonds. The zero-order valence-electron chi connectivity index (χ0n) is 17.5. The molecule has 10 heteroatoms. The van der Waals surface area contributed by atoms with Gasteiger partial charge in [0, 0.05) is 38.4 Å². The van der Waals surface area contributed by atoms with E-state index in [2.05, 4.69) is 15.6 Å². The van der Waals surface area contributed by atoms with Gasteiger partial charge < -0.3 is 20.3 Å². The summed E-state index contributed by atoms with van der Waals surface area (Å²) in [6.45, 7) is 6.35. The van der Waals surface area contributed by atoms with Crippen molar-refractivity contribution in [3.8, 4) is 0 Å². The van der Waals surface area contributed by atoms with Crippen molar-refractivity contribution in [2.75, 3.05) is 43.4 Å². The minimum Gasteiger partial charge on any atom is -0.450 e. The number of aryl methyl sites for hydroxylation is 1. The fraction of sp³-hybridized carbons (Fsp3) is 0.381. The van der Waals surface area contributed by atoms with E-state index in [1.807, 2.05) is 11.8 Å². The van der Waals surface area contributed by atoms with Gasteiger partial charge in [-0.2, -0.15) is 0 Å². The molecule has 0 atom stereocenters. The molecule has 8 nitrogen and oxygen atoms in total. The van der Waals surface area contributed by atoms with Crippen molar-refractivity contribution in [2.45, 2.75) is 20.4 Å². The molecule has 0 unspecified atom stereocenters. The van der Waals surface area contributed by atoms with Gasteiger partial charge in [-0.3, -0.25) is 9.88 Å². The number of piperazine rings is 1. The Morgan fingerprint density at radius 3 is 2.52 bits per heavy atom. The molecule has 0 aliphatic carbocycles. The van der Waals surface area contributed by atoms with E-state index in [9.17, 15) is 18.4 Å². The minimum absolute atomic E-state index is 0.252. The highest BCUT2D eigenvalue weighted by Gasteiger charge is 2.22. The van der Waals surface area contributed by atoms with Crippen LogP contribution in [0.3, 0.4) is 0 Å². The van der Waals surface area contributed by atoms with Crippen LogP contribution in [0.15, 0.2) is 30.5 Å². The van der Waals surface area contributed by atoms with Gasteiger partial charge in [-0.25, -0.2) is 18.4 Å². The summed E-state index contributed by atoms with van der Waals surface area (Å²) in [5.41, 5.74) is 1.47. The first-order valence-electron chi connectivity index (χ1n) is 9.98. The number of aromatic nitrogens is 1. The van der Waals surface area contributed by atoms with Crippen LogP contribution >= 0.6 is 0 Å². The molecule has 1 aliphatic heterocycles. The van der Waals surface area contributed by atoms with E-state index in [-0.39, 0.29) is 11.8 Å². The Labute approximate surface area is 179 Å². The SMILES string of the molecule is CCOC(=O)N1CCN(Cc2cc(F)c(F)c(NC(=O)Nc3ccc(C)nc3)c2)CC1. The third-order valence-electron chi connectivity index (χ3n) is 4.81. The molecule has 1 aromatic heterocycles. The van der Waals surface area contributed by atoms with Crippen LogP contribution in [0.2, 0.25) is 0 Å². The summed E-state index contributed by atoms with van der Waals surface area (Å²) in [4.78, 5) is 31.7. The number of carbonyl (C=O) groups is 2. The van der Waals surface area contributed by atoms with Crippen LogP contribution < -0.4 is 10.6 Å². The summed E-state index contributed by atoms with van der Waals surface area (Å²) in [7, 11) is 0. The van der Waals surface area contributed by atoms with Crippen LogP contribution in [-0.2, 0) is 11.3 Å². The van der Waals surface area contributed by atoms with Crippen molar-refractivity contribution >= 4 is 23.5 Å². The maximum Gasteiger partial charge on any atom is 0.409 e. The average molecular weight is 433 g/mol. The first-order chi connectivity index (χ1) is 14.9. The van der Waals surface area contributed by atoms with Gasteiger partial charge in [0.2, 0.25) is 0 Å². The fourth-order valence-electron chi connectivity index (χ4n) is 3.22. The predicted molar refractivity (Wildman–Crippen MR) is 112 cm³/mol. The standard InChI is InChI=1S/C21H25F2N5O3/c1-3-31-21(30)28-8-6-27(7-9-28)13-15-10-17(22)19(23)18(11-15)26-20(29)25-16-5-4-14(2)24-12-16/h4-5,10-12H,3,6-9,13H2,1-2H3,(H2,25,26,29). The lowest BCUT2D eigenvalue weighted by molar-refractivity contribution is 0.0778. The van der Waals surface area contributed by atoms with Crippen molar-refractivity contribution in [2.24, 2.45) is 0 Å². The number of nitrogens with one attached hydrogen (secondary N) is 2. The van der Waals surface area contributed by atoms with Gasteiger partial charge in [-0.05, 0) is 43.7 Å². The van der Waals surface area contributed by atoms with Gasteiger partial charge in [-0.15, -0.1) is 0 Å². The van der Waals surface area contributed by atoms with Crippen LogP contribution in [0.5, 0.6) is 0 Å². The Morgan fingerprint density at radius 2 is 1.87 bits per heavy atom. The van der Waals surface area contributed by atoms with Crippen molar-refractivity contribution in [1.29, 1.82) is 0 Å². The van der Waals surface area contributed by atoms with E-state index in [4.69, 9.17) is 4.74 Å². The van der Waals surface area contributed by atoms with Crippen molar-refractivity contribution in [3.05, 3.63) is 53.4 Å². The van der Waals surface area contributed by atoms with Gasteiger partial charge >= 0.3 is 12.1 Å². The smallest absolute Gasteiger partial charge is 0.409 e. The number of amides is 3. The predicted octanol–water partition coefficient (Wildman–Crippen LogP) is 3.59. The van der Waals surface area contributed by atoms with E-state index in [0.29, 0.717) is 50.6 Å². The molecule has 3 rings (SSSR count). The van der Waals surface area contributed by atoms with Crippen LogP contribution in [0.1, 0.15) is 18.2 Å². The number of benzene rings is 1. The van der Waals surface area contributed by atoms with E-state index in [1.165, 1.54) is 12.3 Å². The lowest BCUT2D eigenvalue weighted by Gasteiger charge is -2.34. The molecule has 0 bridgehead atoms. The van der Waals surface area contributed by atoms with Gasteiger partial charge in [-0.1, -0.05) is 0 Å². The second kappa shape index (κ2) is 10.2. The van der Waals surface area contributed by atoms with E-state index < -0.39 is 17.7 Å². The molecule has 31 heavy (non-hydrogen) atoms. The van der Waals surface area contributed by atoms with Crippen molar-refractivity contribution in [3.63, 3.8) is 0 Å². The number of carbonyl (C=O) groups excluding carboxylic acids is 2. The number of urea groups is 1. The highest BCUT2D eigenvalue weighted by atomic mass is 19.2. The normalized spacial score (nSPS) is 14.3. The van der Waals surface area contributed by atoms with Crippen LogP contribution in [0.25, 0.3) is 0 Å². The number of rotatable bonds is 5. The van der Waals surface area contributed by atoms with Gasteiger partial charge in [0.25, 0.3) is 0 Å². The number of hydrogen-bond acceptors (Lipinski definition) is 5. The van der Waals surface area contributed by atoms with E-state index in [0.717, 1.165) is 11.8 Å². The first-order valence-corrected chi connectivity index (χ1v) is 9.98. The van der Waals surface area contributed by atoms with E-state index >= 15 is 0 Å². The number of hydrogen-bond donors (Lipinski definition) is 2. The third kappa shape index (κ3) is 6.11. The molecular formula is C21H25F2N5O3. The molecule has 2 N–H and O–H groups in total. The number of halogens is 2. The summed E-state index contributed by atoms with van der Waals surface area (Å²) in [5.74, 6) is -2.18. The summed E-state index contributed by atoms with van der Waals surface area (Å²) in [6, 6.07) is 5.19. The second-order valence-corrected chi connectivity index (χ2v) is 7.17. The Balaban J connectivity index is 1.61. The molecule has 1 aliphatic rings. The maximum atomic E-state index is 14.2. The molecule has 166 valence electrons. The molecule has 1 aromatic carbocycles. The number of ether oxygens (including phenoxy) is 1. The van der Waals surface area contributed by atoms with Crippen molar-refractivity contribution < 1.29 is 23.1 Å². The lowest BCUT2D eigenvalue weighted by atomic mass is 10.1. The Hall–Kier alpha value is -3.27. The molecule has 2 aromatic rings. The van der Waals surface area contributed by atoms with Gasteiger partial charge in [0.1, 0.15) is 0 Å². The maximum absolute atomic E-state index is 14.2. The molecule has 1 saturated heterocycles. The Kier molecular flexibility index (Phi) is 7.35. The number of nitrogens with zero attached hydrogens (tertiary/aromatic N) is 3. The van der Waals surface area contributed by atoms with E-state index in [1.54, 1.807) is 24.0 Å². The topological polar surface area (TPSA) is 86.8 Å². The number of anilines is 2. The second-order valence-electron chi connectivity index (χ2n) is 7.17. The highest BCUT2D eigenvalue weighted by Crippen LogP contribution is 2.22. The summed E-state index contributed by atoms with van der Waals surface area (Å²) in [5, 5.41) is 4.88. The minimum atomic E-state index is -1.13. The zero-order valence-corrected chi connectivity index (χ0v) is 17.5. The summed E-state index contributed by atoms with van der Waals surface area (Å²) in [6.07, 6.45) is 1.12. The summed E-state index contributed by atoms with van der Waals surface area (Å²) < 4.78 is 33.3. The van der Waals surface area contributed by atoms with Crippen LogP contribution in [-0.4, -0.2) is 59.7 Å². The summed E-state index contributed by atoms with van der Waals surface area (Å²) >= 11 is 0. The van der Waals surface area contributed by atoms with Gasteiger partial charge in [0.15, 0.2) is 11.6 Å². The molecule has 1 fully saturated rings. The lowest BCUT2D eigenvalue weighted by Crippen LogP contribution is -2.48. The fourth-order valence-corrected chi connectivity index (χ4v) is 3.22. The molecule has 0 spiro atoms. The number of pyridine rings is 1. The highest BCUT2D eigenvalue weighted by molar-refractivity contribution is 5.99. The average Bonchev–Trinajstić information content (AvgIpc) is 2.74. The van der Waals surface area contributed by atoms with Crippen LogP contribution in [0, 0.1) is 18.6 Å². The van der Waals surface area contributed by atoms with Crippen LogP contribution in [0.4, 0.5) is 29.7 Å². The molecular weight excluding hydrogens is 408 g/mol. The monoisotopic (exact) mass is 433 g/mol. The first kappa shape index (κ1) is 22.4. The molecule has 2 heterocycles. The Morgan fingerprint density at radius 1 is 1.13 bits per heavy atom. The third-order valence-corrected chi connectivity index (χ3v) is 4.81. The Bertz CT molecular complexity index is 931. The van der Waals surface area contributed by atoms with Gasteiger partial charge in [0.05, 0.1) is 24.2 Å². The molecule has 0 radical (unpaired) electrons. The quantitative estimate of drug-likeness (QED) is 0.753. The van der Waals surface area contributed by atoms with Crippen molar-refractivity contribution in [1.82, 2.24) is 14.8 Å².